The molecule has 34 heavy (non-hydrogen) atoms. The summed E-state index contributed by atoms with van der Waals surface area (Å²) in [5.41, 5.74) is 1.69. The predicted molar refractivity (Wildman–Crippen MR) is 127 cm³/mol. The van der Waals surface area contributed by atoms with Gasteiger partial charge < -0.3 is 14.6 Å². The average Bonchev–Trinajstić information content (AvgIpc) is 3.27. The van der Waals surface area contributed by atoms with Crippen LogP contribution in [0.4, 0.5) is 4.79 Å². The maximum absolute atomic E-state index is 13.8. The molecule has 182 valence electrons. The lowest BCUT2D eigenvalue weighted by atomic mass is 9.79. The van der Waals surface area contributed by atoms with Gasteiger partial charge in [0.25, 0.3) is 0 Å². The van der Waals surface area contributed by atoms with Crippen LogP contribution in [-0.2, 0) is 32.1 Å². The van der Waals surface area contributed by atoms with Crippen molar-refractivity contribution in [2.45, 2.75) is 57.8 Å². The van der Waals surface area contributed by atoms with Gasteiger partial charge >= 0.3 is 12.1 Å². The van der Waals surface area contributed by atoms with E-state index in [1.165, 1.54) is 18.9 Å². The number of aliphatic hydroxyl groups excluding tert-OH is 1. The molecule has 2 aromatic carbocycles. The largest absolute Gasteiger partial charge is 0.469 e. The average molecular weight is 468 g/mol. The summed E-state index contributed by atoms with van der Waals surface area (Å²) in [6, 6.07) is 17.2. The number of rotatable bonds is 9. The van der Waals surface area contributed by atoms with Crippen LogP contribution in [0.25, 0.3) is 0 Å². The highest BCUT2D eigenvalue weighted by molar-refractivity contribution is 5.95. The van der Waals surface area contributed by atoms with Crippen LogP contribution in [0.5, 0.6) is 0 Å². The third-order valence-corrected chi connectivity index (χ3v) is 6.54. The number of ether oxygens (including phenoxy) is 2. The third kappa shape index (κ3) is 5.83. The Balaban J connectivity index is 1.89. The van der Waals surface area contributed by atoms with E-state index in [2.05, 4.69) is 0 Å². The first-order chi connectivity index (χ1) is 16.3. The Morgan fingerprint density at radius 2 is 1.74 bits per heavy atom. The van der Waals surface area contributed by atoms with E-state index < -0.39 is 29.6 Å². The Hall–Kier alpha value is -3.19. The second-order valence-corrected chi connectivity index (χ2v) is 8.99. The van der Waals surface area contributed by atoms with E-state index in [4.69, 9.17) is 9.47 Å². The van der Waals surface area contributed by atoms with Crippen LogP contribution in [0.2, 0.25) is 0 Å². The maximum Gasteiger partial charge on any atom is 0.410 e. The third-order valence-electron chi connectivity index (χ3n) is 6.54. The molecule has 1 fully saturated rings. The van der Waals surface area contributed by atoms with Gasteiger partial charge in [0.2, 0.25) is 0 Å². The monoisotopic (exact) mass is 467 g/mol. The van der Waals surface area contributed by atoms with Crippen LogP contribution in [0.15, 0.2) is 54.6 Å². The van der Waals surface area contributed by atoms with Crippen molar-refractivity contribution < 1.29 is 29.0 Å². The summed E-state index contributed by atoms with van der Waals surface area (Å²) in [4.78, 5) is 40.7. The molecule has 0 aliphatic carbocycles. The molecule has 7 nitrogen and oxygen atoms in total. The van der Waals surface area contributed by atoms with Crippen LogP contribution in [-0.4, -0.2) is 53.1 Å². The fourth-order valence-corrected chi connectivity index (χ4v) is 4.55. The first kappa shape index (κ1) is 25.4. The highest BCUT2D eigenvalue weighted by Gasteiger charge is 2.51. The van der Waals surface area contributed by atoms with Crippen molar-refractivity contribution in [2.24, 2.45) is 5.92 Å². The summed E-state index contributed by atoms with van der Waals surface area (Å²) < 4.78 is 10.4. The number of nitrogens with zero attached hydrogens (tertiary/aromatic N) is 1. The van der Waals surface area contributed by atoms with Crippen molar-refractivity contribution in [1.82, 2.24) is 4.90 Å². The number of carbonyl (C=O) groups is 3. The number of amides is 1. The SMILES string of the molecule is COC(=O)C(CC(=O)[C@]1(Cc2ccc(C)cc2)CCCN1C(=O)OCc1ccccc1)[C@H](C)O. The normalized spacial score (nSPS) is 19.4. The molecule has 0 saturated carbocycles. The summed E-state index contributed by atoms with van der Waals surface area (Å²) in [6.45, 7) is 3.92. The number of ketones is 1. The molecule has 1 heterocycles. The fourth-order valence-electron chi connectivity index (χ4n) is 4.55. The molecule has 1 unspecified atom stereocenters. The van der Waals surface area contributed by atoms with Gasteiger partial charge in [-0.05, 0) is 37.8 Å². The highest BCUT2D eigenvalue weighted by atomic mass is 16.6. The van der Waals surface area contributed by atoms with E-state index >= 15 is 0 Å². The number of carbonyl (C=O) groups excluding carboxylic acids is 3. The standard InChI is InChI=1S/C27H33NO6/c1-19-10-12-21(13-11-19)17-27(24(30)16-23(20(2)29)25(31)33-3)14-7-15-28(27)26(32)34-18-22-8-5-4-6-9-22/h4-6,8-13,20,23,29H,7,14-18H2,1-3H3/t20-,23?,27+/m0/s1. The quantitative estimate of drug-likeness (QED) is 0.564. The molecular weight excluding hydrogens is 434 g/mol. The summed E-state index contributed by atoms with van der Waals surface area (Å²) in [6.07, 6.45) is -0.455. The molecule has 1 N–H and O–H groups in total. The number of hydrogen-bond acceptors (Lipinski definition) is 6. The van der Waals surface area contributed by atoms with Crippen LogP contribution in [0.1, 0.15) is 42.9 Å². The molecule has 1 aliphatic heterocycles. The Labute approximate surface area is 200 Å². The van der Waals surface area contributed by atoms with E-state index in [1.807, 2.05) is 61.5 Å². The lowest BCUT2D eigenvalue weighted by Crippen LogP contribution is -2.55. The number of esters is 1. The summed E-state index contributed by atoms with van der Waals surface area (Å²) in [7, 11) is 1.23. The molecule has 7 heteroatoms. The van der Waals surface area contributed by atoms with Gasteiger partial charge in [0, 0.05) is 19.4 Å². The van der Waals surface area contributed by atoms with E-state index in [0.29, 0.717) is 25.8 Å². The van der Waals surface area contributed by atoms with Crippen molar-refractivity contribution >= 4 is 17.8 Å². The summed E-state index contributed by atoms with van der Waals surface area (Å²) >= 11 is 0. The molecule has 1 saturated heterocycles. The van der Waals surface area contributed by atoms with Crippen molar-refractivity contribution in [2.75, 3.05) is 13.7 Å². The molecule has 2 aromatic rings. The van der Waals surface area contributed by atoms with Crippen molar-refractivity contribution in [1.29, 1.82) is 0 Å². The number of Topliss-reactive ketones (excluding diaryl/α,β-unsaturated/α-hetero) is 1. The van der Waals surface area contributed by atoms with Gasteiger partial charge in [0.05, 0.1) is 19.1 Å². The lowest BCUT2D eigenvalue weighted by Gasteiger charge is -2.37. The zero-order valence-corrected chi connectivity index (χ0v) is 20.0. The van der Waals surface area contributed by atoms with Gasteiger partial charge in [0.15, 0.2) is 5.78 Å². The van der Waals surface area contributed by atoms with Crippen LogP contribution in [0, 0.1) is 12.8 Å². The van der Waals surface area contributed by atoms with E-state index in [1.54, 1.807) is 0 Å². The maximum atomic E-state index is 13.8. The van der Waals surface area contributed by atoms with Crippen LogP contribution in [0.3, 0.4) is 0 Å². The van der Waals surface area contributed by atoms with Gasteiger partial charge in [-0.2, -0.15) is 0 Å². The summed E-state index contributed by atoms with van der Waals surface area (Å²) in [5, 5.41) is 10.1. The van der Waals surface area contributed by atoms with Crippen LogP contribution < -0.4 is 0 Å². The van der Waals surface area contributed by atoms with Gasteiger partial charge in [-0.3, -0.25) is 14.5 Å². The van der Waals surface area contributed by atoms with Gasteiger partial charge in [-0.1, -0.05) is 60.2 Å². The Bertz CT molecular complexity index is 988. The smallest absolute Gasteiger partial charge is 0.410 e. The van der Waals surface area contributed by atoms with E-state index in [-0.39, 0.29) is 18.8 Å². The Morgan fingerprint density at radius 1 is 1.06 bits per heavy atom. The van der Waals surface area contributed by atoms with Crippen LogP contribution >= 0.6 is 0 Å². The molecule has 0 spiro atoms. The molecule has 3 atom stereocenters. The second-order valence-electron chi connectivity index (χ2n) is 8.99. The van der Waals surface area contributed by atoms with Crippen molar-refractivity contribution in [3.8, 4) is 0 Å². The molecule has 3 rings (SSSR count). The summed E-state index contributed by atoms with van der Waals surface area (Å²) in [5.74, 6) is -1.93. The second kappa shape index (κ2) is 11.3. The Morgan fingerprint density at radius 3 is 2.35 bits per heavy atom. The minimum Gasteiger partial charge on any atom is -0.469 e. The molecular formula is C27H33NO6. The molecule has 0 aromatic heterocycles. The van der Waals surface area contributed by atoms with E-state index in [0.717, 1.165) is 16.7 Å². The predicted octanol–water partition coefficient (Wildman–Crippen LogP) is 3.84. The minimum atomic E-state index is -1.16. The van der Waals surface area contributed by atoms with Gasteiger partial charge in [0.1, 0.15) is 12.1 Å². The number of aryl methyl sites for hydroxylation is 1. The molecule has 1 amide bonds. The highest BCUT2D eigenvalue weighted by Crippen LogP contribution is 2.37. The number of aliphatic hydroxyl groups is 1. The van der Waals surface area contributed by atoms with Crippen molar-refractivity contribution in [3.05, 3.63) is 71.3 Å². The lowest BCUT2D eigenvalue weighted by molar-refractivity contribution is -0.152. The van der Waals surface area contributed by atoms with Gasteiger partial charge in [-0.15, -0.1) is 0 Å². The zero-order valence-electron chi connectivity index (χ0n) is 20.0. The first-order valence-corrected chi connectivity index (χ1v) is 11.6. The fraction of sp³-hybridized carbons (Fsp3) is 0.444. The topological polar surface area (TPSA) is 93.1 Å². The van der Waals surface area contributed by atoms with E-state index in [9.17, 15) is 19.5 Å². The number of benzene rings is 2. The molecule has 1 aliphatic rings. The molecule has 0 radical (unpaired) electrons. The number of likely N-dealkylation sites (tertiary alicyclic amines) is 1. The Kier molecular flexibility index (Phi) is 8.45. The van der Waals surface area contributed by atoms with Gasteiger partial charge in [-0.25, -0.2) is 4.79 Å². The molecule has 0 bridgehead atoms. The number of methoxy groups -OCH3 is 1. The first-order valence-electron chi connectivity index (χ1n) is 11.6. The zero-order chi connectivity index (χ0) is 24.7. The van der Waals surface area contributed by atoms with Crippen molar-refractivity contribution in [3.63, 3.8) is 0 Å². The number of hydrogen-bond donors (Lipinski definition) is 1. The minimum absolute atomic E-state index is 0.101.